The maximum absolute atomic E-state index is 10.1. The number of hydrogen-bond donors (Lipinski definition) is 2. The molecule has 2 N–H and O–H groups in total. The second-order valence-electron chi connectivity index (χ2n) is 4.03. The van der Waals surface area contributed by atoms with Crippen molar-refractivity contribution in [3.8, 4) is 0 Å². The largest absolute Gasteiger partial charge is 0.388 e. The molecule has 0 aliphatic carbocycles. The van der Waals surface area contributed by atoms with Crippen LogP contribution in [0.1, 0.15) is 26.7 Å². The molecule has 0 saturated carbocycles. The Morgan fingerprint density at radius 3 is 2.62 bits per heavy atom. The Kier molecular flexibility index (Phi) is 3.27. The van der Waals surface area contributed by atoms with Crippen LogP contribution < -0.4 is 5.32 Å². The maximum Gasteiger partial charge on any atom is 0.207 e. The number of aliphatic hydroxyl groups is 1. The van der Waals surface area contributed by atoms with Crippen molar-refractivity contribution >= 4 is 6.41 Å². The summed E-state index contributed by atoms with van der Waals surface area (Å²) in [7, 11) is 0. The molecule has 1 amide bonds. The molecule has 1 heterocycles. The lowest BCUT2D eigenvalue weighted by molar-refractivity contribution is -0.122. The lowest BCUT2D eigenvalue weighted by Gasteiger charge is -2.35. The number of carbonyl (C=O) groups is 1. The first kappa shape index (κ1) is 10.5. The number of carbonyl (C=O) groups excluding carboxylic acids is 1. The zero-order valence-corrected chi connectivity index (χ0v) is 8.12. The fourth-order valence-electron chi connectivity index (χ4n) is 1.54. The van der Waals surface area contributed by atoms with Gasteiger partial charge in [-0.3, -0.25) is 4.79 Å². The molecular weight excluding hydrogens is 170 g/mol. The molecule has 1 fully saturated rings. The predicted octanol–water partition coefficient (Wildman–Crippen LogP) is 0.0509. The van der Waals surface area contributed by atoms with Gasteiger partial charge in [0.25, 0.3) is 0 Å². The number of hydrogen-bond acceptors (Lipinski definition) is 3. The molecule has 1 saturated heterocycles. The Morgan fingerprint density at radius 2 is 2.23 bits per heavy atom. The van der Waals surface area contributed by atoms with Gasteiger partial charge in [0, 0.05) is 0 Å². The third kappa shape index (κ3) is 2.97. The first-order chi connectivity index (χ1) is 6.04. The number of amides is 1. The lowest BCUT2D eigenvalue weighted by Crippen LogP contribution is -2.47. The summed E-state index contributed by atoms with van der Waals surface area (Å²) >= 11 is 0. The van der Waals surface area contributed by atoms with Crippen LogP contribution in [0.15, 0.2) is 0 Å². The minimum atomic E-state index is -0.786. The highest BCUT2D eigenvalue weighted by Crippen LogP contribution is 2.22. The van der Waals surface area contributed by atoms with E-state index in [1.807, 2.05) is 0 Å². The van der Waals surface area contributed by atoms with Gasteiger partial charge in [-0.15, -0.1) is 0 Å². The highest BCUT2D eigenvalue weighted by atomic mass is 16.5. The third-order valence-corrected chi connectivity index (χ3v) is 2.37. The van der Waals surface area contributed by atoms with Crippen LogP contribution in [-0.4, -0.2) is 35.9 Å². The quantitative estimate of drug-likeness (QED) is 0.614. The summed E-state index contributed by atoms with van der Waals surface area (Å²) in [5.74, 6) is 0. The molecule has 76 valence electrons. The highest BCUT2D eigenvalue weighted by Gasteiger charge is 2.32. The van der Waals surface area contributed by atoms with Crippen LogP contribution in [0.25, 0.3) is 0 Å². The molecule has 0 bridgehead atoms. The van der Waals surface area contributed by atoms with E-state index >= 15 is 0 Å². The van der Waals surface area contributed by atoms with Gasteiger partial charge in [-0.2, -0.15) is 0 Å². The highest BCUT2D eigenvalue weighted by molar-refractivity contribution is 5.46. The van der Waals surface area contributed by atoms with Crippen molar-refractivity contribution < 1.29 is 14.6 Å². The van der Waals surface area contributed by atoms with Crippen LogP contribution in [-0.2, 0) is 9.53 Å². The Hall–Kier alpha value is -0.610. The predicted molar refractivity (Wildman–Crippen MR) is 48.3 cm³/mol. The summed E-state index contributed by atoms with van der Waals surface area (Å²) in [6, 6.07) is 0.107. The second-order valence-corrected chi connectivity index (χ2v) is 4.03. The zero-order valence-electron chi connectivity index (χ0n) is 8.12. The van der Waals surface area contributed by atoms with Gasteiger partial charge in [0.2, 0.25) is 6.41 Å². The van der Waals surface area contributed by atoms with Gasteiger partial charge in [0.05, 0.1) is 24.4 Å². The van der Waals surface area contributed by atoms with Crippen LogP contribution in [0, 0.1) is 0 Å². The first-order valence-electron chi connectivity index (χ1n) is 4.57. The van der Waals surface area contributed by atoms with Crippen molar-refractivity contribution in [3.63, 3.8) is 0 Å². The standard InChI is InChI=1S/C9H17NO3/c1-9(2,12)8-4-3-7(5-13-8)10-6-11/h6-8,12H,3-5H2,1-2H3,(H,10,11)/t7?,8-/m0/s1. The van der Waals surface area contributed by atoms with Crippen LogP contribution in [0.5, 0.6) is 0 Å². The van der Waals surface area contributed by atoms with E-state index < -0.39 is 5.60 Å². The van der Waals surface area contributed by atoms with Gasteiger partial charge < -0.3 is 15.2 Å². The Morgan fingerprint density at radius 1 is 1.54 bits per heavy atom. The van der Waals surface area contributed by atoms with Gasteiger partial charge in [-0.1, -0.05) is 0 Å². The zero-order chi connectivity index (χ0) is 9.90. The van der Waals surface area contributed by atoms with E-state index in [1.165, 1.54) is 0 Å². The second kappa shape index (κ2) is 4.07. The molecule has 4 nitrogen and oxygen atoms in total. The molecule has 4 heteroatoms. The van der Waals surface area contributed by atoms with Crippen LogP contribution >= 0.6 is 0 Å². The topological polar surface area (TPSA) is 58.6 Å². The molecule has 0 spiro atoms. The number of ether oxygens (including phenoxy) is 1. The Labute approximate surface area is 78.3 Å². The SMILES string of the molecule is CC(C)(O)[C@@H]1CCC(NC=O)CO1. The van der Waals surface area contributed by atoms with Crippen LogP contribution in [0.3, 0.4) is 0 Å². The van der Waals surface area contributed by atoms with Crippen molar-refractivity contribution in [1.82, 2.24) is 5.32 Å². The smallest absolute Gasteiger partial charge is 0.207 e. The summed E-state index contributed by atoms with van der Waals surface area (Å²) in [4.78, 5) is 10.1. The summed E-state index contributed by atoms with van der Waals surface area (Å²) in [5.41, 5.74) is -0.786. The van der Waals surface area contributed by atoms with Crippen LogP contribution in [0.4, 0.5) is 0 Å². The van der Waals surface area contributed by atoms with Crippen molar-refractivity contribution in [1.29, 1.82) is 0 Å². The molecule has 1 aliphatic heterocycles. The molecule has 1 rings (SSSR count). The summed E-state index contributed by atoms with van der Waals surface area (Å²) in [5, 5.41) is 12.3. The van der Waals surface area contributed by atoms with E-state index in [1.54, 1.807) is 13.8 Å². The monoisotopic (exact) mass is 187 g/mol. The Balaban J connectivity index is 2.34. The van der Waals surface area contributed by atoms with E-state index in [0.717, 1.165) is 12.8 Å². The van der Waals surface area contributed by atoms with E-state index in [2.05, 4.69) is 5.32 Å². The van der Waals surface area contributed by atoms with E-state index in [4.69, 9.17) is 4.74 Å². The molecule has 1 unspecified atom stereocenters. The minimum absolute atomic E-state index is 0.107. The van der Waals surface area contributed by atoms with E-state index in [-0.39, 0.29) is 12.1 Å². The van der Waals surface area contributed by atoms with Gasteiger partial charge >= 0.3 is 0 Å². The Bertz CT molecular complexity index is 168. The van der Waals surface area contributed by atoms with Crippen molar-refractivity contribution in [2.24, 2.45) is 0 Å². The molecular formula is C9H17NO3. The van der Waals surface area contributed by atoms with Crippen molar-refractivity contribution in [2.75, 3.05) is 6.61 Å². The van der Waals surface area contributed by atoms with Crippen molar-refractivity contribution in [2.45, 2.75) is 44.4 Å². The maximum atomic E-state index is 10.1. The van der Waals surface area contributed by atoms with Gasteiger partial charge in [-0.25, -0.2) is 0 Å². The van der Waals surface area contributed by atoms with Crippen LogP contribution in [0.2, 0.25) is 0 Å². The lowest BCUT2D eigenvalue weighted by atomic mass is 9.93. The fourth-order valence-corrected chi connectivity index (χ4v) is 1.54. The molecule has 0 aromatic rings. The molecule has 0 radical (unpaired) electrons. The van der Waals surface area contributed by atoms with Gasteiger partial charge in [0.15, 0.2) is 0 Å². The number of rotatable bonds is 3. The molecule has 13 heavy (non-hydrogen) atoms. The normalized spacial score (nSPS) is 29.8. The summed E-state index contributed by atoms with van der Waals surface area (Å²) < 4.78 is 5.44. The van der Waals surface area contributed by atoms with E-state index in [0.29, 0.717) is 13.0 Å². The fraction of sp³-hybridized carbons (Fsp3) is 0.889. The molecule has 2 atom stereocenters. The van der Waals surface area contributed by atoms with Gasteiger partial charge in [0.1, 0.15) is 0 Å². The van der Waals surface area contributed by atoms with E-state index in [9.17, 15) is 9.90 Å². The number of nitrogens with one attached hydrogen (secondary N) is 1. The average molecular weight is 187 g/mol. The first-order valence-corrected chi connectivity index (χ1v) is 4.57. The average Bonchev–Trinajstić information content (AvgIpc) is 2.04. The molecule has 1 aliphatic rings. The molecule has 0 aromatic carbocycles. The minimum Gasteiger partial charge on any atom is -0.388 e. The summed E-state index contributed by atoms with van der Waals surface area (Å²) in [6.07, 6.45) is 2.23. The third-order valence-electron chi connectivity index (χ3n) is 2.37. The molecule has 0 aromatic heterocycles. The van der Waals surface area contributed by atoms with Crippen molar-refractivity contribution in [3.05, 3.63) is 0 Å². The van der Waals surface area contributed by atoms with Gasteiger partial charge in [-0.05, 0) is 26.7 Å². The summed E-state index contributed by atoms with van der Waals surface area (Å²) in [6.45, 7) is 3.98.